The second-order valence-electron chi connectivity index (χ2n) is 7.45. The number of piperidine rings is 1. The summed E-state index contributed by atoms with van der Waals surface area (Å²) in [5, 5.41) is 3.71. The Hall–Kier alpha value is -2.64. The zero-order valence-corrected chi connectivity index (χ0v) is 17.4. The minimum absolute atomic E-state index is 0.196. The predicted octanol–water partition coefficient (Wildman–Crippen LogP) is 4.48. The molecule has 1 aliphatic rings. The first-order valence-electron chi connectivity index (χ1n) is 9.78. The quantitative estimate of drug-likeness (QED) is 0.685. The minimum atomic E-state index is -3.57. The van der Waals surface area contributed by atoms with Gasteiger partial charge in [-0.1, -0.05) is 30.7 Å². The molecule has 3 aromatic rings. The van der Waals surface area contributed by atoms with Gasteiger partial charge in [-0.2, -0.15) is 4.31 Å². The molecule has 152 valence electrons. The first-order chi connectivity index (χ1) is 13.9. The van der Waals surface area contributed by atoms with Crippen molar-refractivity contribution in [3.8, 4) is 0 Å². The third-order valence-electron chi connectivity index (χ3n) is 5.46. The maximum absolute atomic E-state index is 13.0. The molecule has 0 atom stereocenters. The largest absolute Gasteiger partial charge is 0.451 e. The number of hydrogen-bond acceptors (Lipinski definition) is 4. The van der Waals surface area contributed by atoms with Gasteiger partial charge in [0.1, 0.15) is 5.58 Å². The molecule has 2 aromatic carbocycles. The van der Waals surface area contributed by atoms with E-state index in [1.807, 2.05) is 38.1 Å². The number of fused-ring (bicyclic) bond motifs is 1. The van der Waals surface area contributed by atoms with E-state index in [1.165, 1.54) is 10.4 Å². The summed E-state index contributed by atoms with van der Waals surface area (Å²) in [7, 11) is -3.57. The lowest BCUT2D eigenvalue weighted by Gasteiger charge is -2.26. The highest BCUT2D eigenvalue weighted by molar-refractivity contribution is 7.89. The van der Waals surface area contributed by atoms with Gasteiger partial charge in [-0.3, -0.25) is 4.79 Å². The fraction of sp³-hybridized carbons (Fsp3) is 0.318. The highest BCUT2D eigenvalue weighted by Gasteiger charge is 2.27. The van der Waals surface area contributed by atoms with E-state index in [9.17, 15) is 13.2 Å². The second kappa shape index (κ2) is 7.65. The van der Waals surface area contributed by atoms with Crippen molar-refractivity contribution in [3.63, 3.8) is 0 Å². The van der Waals surface area contributed by atoms with E-state index in [-0.39, 0.29) is 10.7 Å². The molecule has 4 rings (SSSR count). The number of amides is 1. The summed E-state index contributed by atoms with van der Waals surface area (Å²) in [6.45, 7) is 4.75. The first kappa shape index (κ1) is 19.7. The molecule has 1 aliphatic heterocycles. The Balaban J connectivity index is 1.64. The number of nitrogens with zero attached hydrogens (tertiary/aromatic N) is 1. The molecule has 1 amide bonds. The molecule has 7 heteroatoms. The van der Waals surface area contributed by atoms with E-state index < -0.39 is 15.9 Å². The van der Waals surface area contributed by atoms with E-state index in [4.69, 9.17) is 4.42 Å². The molecule has 0 spiro atoms. The predicted molar refractivity (Wildman–Crippen MR) is 113 cm³/mol. The number of sulfonamides is 1. The lowest BCUT2D eigenvalue weighted by Crippen LogP contribution is -2.35. The molecular weight excluding hydrogens is 388 g/mol. The zero-order chi connectivity index (χ0) is 20.6. The molecule has 6 nitrogen and oxygen atoms in total. The monoisotopic (exact) mass is 412 g/mol. The van der Waals surface area contributed by atoms with Crippen LogP contribution in [0, 0.1) is 13.8 Å². The number of carbonyl (C=O) groups excluding carboxylic acids is 1. The van der Waals surface area contributed by atoms with Crippen molar-refractivity contribution in [1.82, 2.24) is 4.31 Å². The van der Waals surface area contributed by atoms with Gasteiger partial charge in [-0.15, -0.1) is 0 Å². The number of aryl methyl sites for hydroxylation is 2. The SMILES string of the molecule is Cc1ccc(S(=O)(=O)N2CCCCC2)cc1NC(=O)c1oc2ccccc2c1C. The molecule has 1 saturated heterocycles. The Morgan fingerprint density at radius 2 is 1.76 bits per heavy atom. The van der Waals surface area contributed by atoms with Gasteiger partial charge in [0, 0.05) is 29.7 Å². The number of benzene rings is 2. The molecule has 1 aromatic heterocycles. The average Bonchev–Trinajstić information content (AvgIpc) is 3.07. The van der Waals surface area contributed by atoms with Gasteiger partial charge in [-0.25, -0.2) is 8.42 Å². The standard InChI is InChI=1S/C22H24N2O4S/c1-15-10-11-17(29(26,27)24-12-6-3-7-13-24)14-19(15)23-22(25)21-16(2)18-8-4-5-9-20(18)28-21/h4-5,8-11,14H,3,6-7,12-13H2,1-2H3,(H,23,25). The molecule has 29 heavy (non-hydrogen) atoms. The van der Waals surface area contributed by atoms with Crippen LogP contribution in [0.5, 0.6) is 0 Å². The number of carbonyl (C=O) groups is 1. The normalized spacial score (nSPS) is 15.5. The van der Waals surface area contributed by atoms with Gasteiger partial charge in [0.25, 0.3) is 5.91 Å². The molecule has 1 fully saturated rings. The summed E-state index contributed by atoms with van der Waals surface area (Å²) in [5.41, 5.74) is 2.65. The third-order valence-corrected chi connectivity index (χ3v) is 7.35. The van der Waals surface area contributed by atoms with E-state index in [0.29, 0.717) is 24.4 Å². The van der Waals surface area contributed by atoms with Crippen LogP contribution in [0.3, 0.4) is 0 Å². The van der Waals surface area contributed by atoms with Gasteiger partial charge in [0.15, 0.2) is 5.76 Å². The maximum atomic E-state index is 13.0. The van der Waals surface area contributed by atoms with Gasteiger partial charge >= 0.3 is 0 Å². The Kier molecular flexibility index (Phi) is 5.19. The number of anilines is 1. The fourth-order valence-electron chi connectivity index (χ4n) is 3.72. The molecule has 0 bridgehead atoms. The van der Waals surface area contributed by atoms with Gasteiger partial charge in [0.2, 0.25) is 10.0 Å². The molecule has 0 aliphatic carbocycles. The van der Waals surface area contributed by atoms with Crippen LogP contribution in [0.1, 0.15) is 40.9 Å². The van der Waals surface area contributed by atoms with Crippen LogP contribution in [0.25, 0.3) is 11.0 Å². The van der Waals surface area contributed by atoms with Gasteiger partial charge in [0.05, 0.1) is 4.90 Å². The number of furan rings is 1. The van der Waals surface area contributed by atoms with Crippen molar-refractivity contribution < 1.29 is 17.6 Å². The lowest BCUT2D eigenvalue weighted by molar-refractivity contribution is 0.0997. The van der Waals surface area contributed by atoms with E-state index in [1.54, 1.807) is 12.1 Å². The smallest absolute Gasteiger partial charge is 0.291 e. The second-order valence-corrected chi connectivity index (χ2v) is 9.39. The Labute approximate surface area is 170 Å². The Morgan fingerprint density at radius 3 is 2.48 bits per heavy atom. The van der Waals surface area contributed by atoms with Crippen LogP contribution in [0.2, 0.25) is 0 Å². The zero-order valence-electron chi connectivity index (χ0n) is 16.6. The number of nitrogens with one attached hydrogen (secondary N) is 1. The molecular formula is C22H24N2O4S. The molecule has 0 radical (unpaired) electrons. The van der Waals surface area contributed by atoms with E-state index >= 15 is 0 Å². The van der Waals surface area contributed by atoms with Crippen molar-refractivity contribution in [2.24, 2.45) is 0 Å². The van der Waals surface area contributed by atoms with Crippen LogP contribution in [-0.2, 0) is 10.0 Å². The van der Waals surface area contributed by atoms with E-state index in [2.05, 4.69) is 5.32 Å². The van der Waals surface area contributed by atoms with Gasteiger partial charge < -0.3 is 9.73 Å². The number of para-hydroxylation sites is 1. The van der Waals surface area contributed by atoms with Crippen molar-refractivity contribution in [3.05, 3.63) is 59.4 Å². The minimum Gasteiger partial charge on any atom is -0.451 e. The molecule has 1 N–H and O–H groups in total. The average molecular weight is 413 g/mol. The summed E-state index contributed by atoms with van der Waals surface area (Å²) >= 11 is 0. The fourth-order valence-corrected chi connectivity index (χ4v) is 5.26. The Morgan fingerprint density at radius 1 is 1.03 bits per heavy atom. The Bertz CT molecular complexity index is 1170. The van der Waals surface area contributed by atoms with E-state index in [0.717, 1.165) is 35.8 Å². The third kappa shape index (κ3) is 3.68. The number of hydrogen-bond donors (Lipinski definition) is 1. The van der Waals surface area contributed by atoms with Crippen LogP contribution < -0.4 is 5.32 Å². The topological polar surface area (TPSA) is 79.6 Å². The molecule has 2 heterocycles. The van der Waals surface area contributed by atoms with Crippen LogP contribution >= 0.6 is 0 Å². The van der Waals surface area contributed by atoms with Crippen molar-refractivity contribution >= 4 is 32.6 Å². The van der Waals surface area contributed by atoms with Crippen LogP contribution in [0.15, 0.2) is 51.8 Å². The summed E-state index contributed by atoms with van der Waals surface area (Å²) in [6, 6.07) is 12.3. The van der Waals surface area contributed by atoms with Crippen LogP contribution in [0.4, 0.5) is 5.69 Å². The summed E-state index contributed by atoms with van der Waals surface area (Å²) in [4.78, 5) is 13.1. The molecule has 0 unspecified atom stereocenters. The van der Waals surface area contributed by atoms with Crippen molar-refractivity contribution in [2.45, 2.75) is 38.0 Å². The highest BCUT2D eigenvalue weighted by Crippen LogP contribution is 2.28. The number of rotatable bonds is 4. The van der Waals surface area contributed by atoms with Crippen LogP contribution in [-0.4, -0.2) is 31.7 Å². The molecule has 0 saturated carbocycles. The maximum Gasteiger partial charge on any atom is 0.291 e. The van der Waals surface area contributed by atoms with Gasteiger partial charge in [-0.05, 0) is 50.5 Å². The van der Waals surface area contributed by atoms with Crippen molar-refractivity contribution in [1.29, 1.82) is 0 Å². The highest BCUT2D eigenvalue weighted by atomic mass is 32.2. The summed E-state index contributed by atoms with van der Waals surface area (Å²) < 4.78 is 33.2. The lowest BCUT2D eigenvalue weighted by atomic mass is 10.1. The summed E-state index contributed by atoms with van der Waals surface area (Å²) in [5.74, 6) is -0.163. The summed E-state index contributed by atoms with van der Waals surface area (Å²) in [6.07, 6.45) is 2.80. The van der Waals surface area contributed by atoms with Crippen molar-refractivity contribution in [2.75, 3.05) is 18.4 Å². The first-order valence-corrected chi connectivity index (χ1v) is 11.2.